The van der Waals surface area contributed by atoms with Crippen LogP contribution < -0.4 is 4.74 Å². The molecule has 0 radical (unpaired) electrons. The lowest BCUT2D eigenvalue weighted by Gasteiger charge is -2.17. The minimum atomic E-state index is 0.00118. The molecule has 3 aromatic rings. The number of methoxy groups -OCH3 is 1. The van der Waals surface area contributed by atoms with Crippen molar-refractivity contribution in [3.63, 3.8) is 0 Å². The quantitative estimate of drug-likeness (QED) is 0.584. The van der Waals surface area contributed by atoms with Crippen molar-refractivity contribution in [3.8, 4) is 11.4 Å². The van der Waals surface area contributed by atoms with Gasteiger partial charge in [0.1, 0.15) is 5.75 Å². The number of rotatable bonds is 7. The molecule has 7 nitrogen and oxygen atoms in total. The van der Waals surface area contributed by atoms with Crippen molar-refractivity contribution in [1.82, 2.24) is 25.1 Å². The van der Waals surface area contributed by atoms with E-state index in [2.05, 4.69) is 15.5 Å². The monoisotopic (exact) mass is 383 g/mol. The molecule has 0 aliphatic heterocycles. The second kappa shape index (κ2) is 8.68. The van der Waals surface area contributed by atoms with Gasteiger partial charge in [-0.2, -0.15) is 4.68 Å². The molecule has 0 N–H and O–H groups in total. The van der Waals surface area contributed by atoms with Gasteiger partial charge in [-0.05, 0) is 47.2 Å². The zero-order valence-electron chi connectivity index (χ0n) is 15.5. The van der Waals surface area contributed by atoms with Crippen molar-refractivity contribution >= 4 is 17.7 Å². The molecule has 8 heteroatoms. The zero-order valence-corrected chi connectivity index (χ0v) is 16.3. The van der Waals surface area contributed by atoms with Crippen LogP contribution in [-0.4, -0.2) is 50.9 Å². The largest absolute Gasteiger partial charge is 0.497 e. The summed E-state index contributed by atoms with van der Waals surface area (Å²) in [5, 5.41) is 12.4. The number of carbonyl (C=O) groups is 1. The molecule has 27 heavy (non-hydrogen) atoms. The van der Waals surface area contributed by atoms with Crippen molar-refractivity contribution in [2.45, 2.75) is 18.6 Å². The third kappa shape index (κ3) is 4.85. The van der Waals surface area contributed by atoms with E-state index in [-0.39, 0.29) is 11.7 Å². The second-order valence-electron chi connectivity index (χ2n) is 6.10. The average molecular weight is 383 g/mol. The maximum Gasteiger partial charge on any atom is 0.233 e. The lowest BCUT2D eigenvalue weighted by Crippen LogP contribution is -2.27. The van der Waals surface area contributed by atoms with Gasteiger partial charge in [0, 0.05) is 13.6 Å². The number of amides is 1. The number of hydrogen-bond donors (Lipinski definition) is 0. The third-order valence-corrected chi connectivity index (χ3v) is 4.93. The Kier molecular flexibility index (Phi) is 6.08. The molecule has 2 aromatic carbocycles. The Balaban J connectivity index is 1.60. The first-order valence-electron chi connectivity index (χ1n) is 8.42. The molecule has 0 spiro atoms. The predicted molar refractivity (Wildman–Crippen MR) is 104 cm³/mol. The van der Waals surface area contributed by atoms with E-state index in [1.54, 1.807) is 23.7 Å². The highest BCUT2D eigenvalue weighted by atomic mass is 32.2. The predicted octanol–water partition coefficient (Wildman–Crippen LogP) is 2.73. The first kappa shape index (κ1) is 18.9. The van der Waals surface area contributed by atoms with Crippen LogP contribution in [-0.2, 0) is 11.3 Å². The van der Waals surface area contributed by atoms with E-state index in [1.165, 1.54) is 11.8 Å². The lowest BCUT2D eigenvalue weighted by atomic mass is 10.2. The second-order valence-corrected chi connectivity index (χ2v) is 7.04. The van der Waals surface area contributed by atoms with E-state index in [0.29, 0.717) is 11.7 Å². The molecule has 0 saturated carbocycles. The van der Waals surface area contributed by atoms with E-state index in [9.17, 15) is 4.79 Å². The smallest absolute Gasteiger partial charge is 0.233 e. The van der Waals surface area contributed by atoms with Crippen LogP contribution in [0.3, 0.4) is 0 Å². The van der Waals surface area contributed by atoms with E-state index in [4.69, 9.17) is 4.74 Å². The topological polar surface area (TPSA) is 73.1 Å². The van der Waals surface area contributed by atoms with E-state index in [1.807, 2.05) is 55.5 Å². The average Bonchev–Trinajstić information content (AvgIpc) is 3.15. The molecule has 0 atom stereocenters. The van der Waals surface area contributed by atoms with Crippen LogP contribution in [0.25, 0.3) is 5.69 Å². The van der Waals surface area contributed by atoms with E-state index in [0.717, 1.165) is 22.6 Å². The summed E-state index contributed by atoms with van der Waals surface area (Å²) >= 11 is 1.32. The summed E-state index contributed by atoms with van der Waals surface area (Å²) in [6, 6.07) is 15.6. The maximum absolute atomic E-state index is 12.5. The van der Waals surface area contributed by atoms with Crippen LogP contribution in [0.4, 0.5) is 0 Å². The lowest BCUT2D eigenvalue weighted by molar-refractivity contribution is -0.127. The maximum atomic E-state index is 12.5. The fraction of sp³-hybridized carbons (Fsp3) is 0.263. The molecule has 0 aliphatic rings. The van der Waals surface area contributed by atoms with E-state index < -0.39 is 0 Å². The number of benzene rings is 2. The fourth-order valence-electron chi connectivity index (χ4n) is 2.49. The molecule has 0 fully saturated rings. The summed E-state index contributed by atoms with van der Waals surface area (Å²) in [6.45, 7) is 2.54. The molecule has 0 bridgehead atoms. The number of ether oxygens (including phenoxy) is 1. The van der Waals surface area contributed by atoms with Crippen LogP contribution in [0.2, 0.25) is 0 Å². The Morgan fingerprint density at radius 1 is 1.22 bits per heavy atom. The Morgan fingerprint density at radius 2 is 2.00 bits per heavy atom. The first-order valence-corrected chi connectivity index (χ1v) is 9.40. The van der Waals surface area contributed by atoms with Crippen LogP contribution in [0, 0.1) is 6.92 Å². The summed E-state index contributed by atoms with van der Waals surface area (Å²) in [6.07, 6.45) is 0. The Bertz CT molecular complexity index is 910. The highest BCUT2D eigenvalue weighted by Crippen LogP contribution is 2.19. The SMILES string of the molecule is COc1cccc(CN(C)C(=O)CSc2nnnn2-c2ccc(C)cc2)c1. The zero-order chi connectivity index (χ0) is 19.2. The van der Waals surface area contributed by atoms with E-state index >= 15 is 0 Å². The number of nitrogens with zero attached hydrogens (tertiary/aromatic N) is 5. The standard InChI is InChI=1S/C19H21N5O2S/c1-14-7-9-16(10-8-14)24-19(20-21-22-24)27-13-18(25)23(2)12-15-5-4-6-17(11-15)26-3/h4-11H,12-13H2,1-3H3. The highest BCUT2D eigenvalue weighted by molar-refractivity contribution is 7.99. The van der Waals surface area contributed by atoms with Gasteiger partial charge in [-0.25, -0.2) is 0 Å². The van der Waals surface area contributed by atoms with Gasteiger partial charge in [-0.3, -0.25) is 4.79 Å². The van der Waals surface area contributed by atoms with Crippen molar-refractivity contribution in [3.05, 3.63) is 59.7 Å². The number of aryl methyl sites for hydroxylation is 1. The van der Waals surface area contributed by atoms with Crippen molar-refractivity contribution in [2.24, 2.45) is 0 Å². The molecule has 1 heterocycles. The van der Waals surface area contributed by atoms with Gasteiger partial charge >= 0.3 is 0 Å². The molecule has 0 unspecified atom stereocenters. The fourth-order valence-corrected chi connectivity index (χ4v) is 3.32. The van der Waals surface area contributed by atoms with Gasteiger partial charge in [-0.15, -0.1) is 5.10 Å². The summed E-state index contributed by atoms with van der Waals surface area (Å²) < 4.78 is 6.86. The highest BCUT2D eigenvalue weighted by Gasteiger charge is 2.14. The van der Waals surface area contributed by atoms with Gasteiger partial charge in [0.25, 0.3) is 0 Å². The molecule has 1 amide bonds. The van der Waals surface area contributed by atoms with Crippen molar-refractivity contribution < 1.29 is 9.53 Å². The Hall–Kier alpha value is -2.87. The van der Waals surface area contributed by atoms with Gasteiger partial charge < -0.3 is 9.64 Å². The number of aromatic nitrogens is 4. The minimum absolute atomic E-state index is 0.00118. The van der Waals surface area contributed by atoms with Gasteiger partial charge in [0.15, 0.2) is 0 Å². The summed E-state index contributed by atoms with van der Waals surface area (Å²) in [7, 11) is 3.41. The van der Waals surface area contributed by atoms with Crippen LogP contribution in [0.1, 0.15) is 11.1 Å². The first-order chi connectivity index (χ1) is 13.1. The van der Waals surface area contributed by atoms with Crippen LogP contribution in [0.15, 0.2) is 53.7 Å². The normalized spacial score (nSPS) is 10.6. The molecule has 3 rings (SSSR count). The minimum Gasteiger partial charge on any atom is -0.497 e. The van der Waals surface area contributed by atoms with Gasteiger partial charge in [-0.1, -0.05) is 41.6 Å². The Labute approximate surface area is 162 Å². The summed E-state index contributed by atoms with van der Waals surface area (Å²) in [5.41, 5.74) is 3.04. The molecular formula is C19H21N5O2S. The molecular weight excluding hydrogens is 362 g/mol. The van der Waals surface area contributed by atoms with Crippen LogP contribution in [0.5, 0.6) is 5.75 Å². The van der Waals surface area contributed by atoms with Crippen molar-refractivity contribution in [2.75, 3.05) is 19.9 Å². The third-order valence-electron chi connectivity index (χ3n) is 4.02. The molecule has 1 aromatic heterocycles. The van der Waals surface area contributed by atoms with Crippen molar-refractivity contribution in [1.29, 1.82) is 0 Å². The molecule has 0 saturated heterocycles. The number of thioether (sulfide) groups is 1. The molecule has 0 aliphatic carbocycles. The summed E-state index contributed by atoms with van der Waals surface area (Å²) in [4.78, 5) is 14.2. The molecule has 140 valence electrons. The van der Waals surface area contributed by atoms with Crippen LogP contribution >= 0.6 is 11.8 Å². The number of hydrogen-bond acceptors (Lipinski definition) is 6. The Morgan fingerprint density at radius 3 is 2.74 bits per heavy atom. The number of tetrazole rings is 1. The van der Waals surface area contributed by atoms with Gasteiger partial charge in [0.05, 0.1) is 18.6 Å². The number of carbonyl (C=O) groups excluding carboxylic acids is 1. The van der Waals surface area contributed by atoms with Gasteiger partial charge in [0.2, 0.25) is 11.1 Å². The summed E-state index contributed by atoms with van der Waals surface area (Å²) in [5.74, 6) is 1.04.